The first-order chi connectivity index (χ1) is 13.4. The molecule has 0 spiro atoms. The van der Waals surface area contributed by atoms with Crippen LogP contribution in [0.3, 0.4) is 0 Å². The highest BCUT2D eigenvalue weighted by molar-refractivity contribution is 7.91. The van der Waals surface area contributed by atoms with Gasteiger partial charge in [0.25, 0.3) is 10.0 Å². The molecule has 11 heteroatoms. The Kier molecular flexibility index (Phi) is 5.86. The van der Waals surface area contributed by atoms with E-state index in [1.165, 1.54) is 38.3 Å². The number of aromatic nitrogens is 1. The Balaban J connectivity index is 1.35. The SMILES string of the molecule is O=C(Nc1nc(-c2ccc(Cl)s2)cs1)C1CCN(S(=O)(=O)c2cccs2)CC1. The van der Waals surface area contributed by atoms with Crippen molar-refractivity contribution >= 4 is 66.7 Å². The Labute approximate surface area is 179 Å². The van der Waals surface area contributed by atoms with E-state index in [0.717, 1.165) is 10.6 Å². The molecule has 0 atom stereocenters. The molecule has 1 aliphatic heterocycles. The fourth-order valence-electron chi connectivity index (χ4n) is 3.00. The van der Waals surface area contributed by atoms with Gasteiger partial charge in [-0.2, -0.15) is 4.31 Å². The van der Waals surface area contributed by atoms with E-state index in [1.807, 2.05) is 17.5 Å². The molecular weight excluding hydrogens is 458 g/mol. The second-order valence-corrected chi connectivity index (χ2v) is 11.9. The van der Waals surface area contributed by atoms with Gasteiger partial charge in [-0.15, -0.1) is 34.0 Å². The van der Waals surface area contributed by atoms with Crippen LogP contribution in [0.5, 0.6) is 0 Å². The zero-order valence-corrected chi connectivity index (χ0v) is 18.5. The van der Waals surface area contributed by atoms with E-state index < -0.39 is 10.0 Å². The number of nitrogens with one attached hydrogen (secondary N) is 1. The van der Waals surface area contributed by atoms with Gasteiger partial charge in [0.1, 0.15) is 4.21 Å². The highest BCUT2D eigenvalue weighted by Crippen LogP contribution is 2.33. The van der Waals surface area contributed by atoms with Crippen LogP contribution in [-0.2, 0) is 14.8 Å². The predicted molar refractivity (Wildman–Crippen MR) is 115 cm³/mol. The number of sulfonamides is 1. The van der Waals surface area contributed by atoms with E-state index in [0.29, 0.717) is 39.6 Å². The van der Waals surface area contributed by atoms with Crippen molar-refractivity contribution in [1.82, 2.24) is 9.29 Å². The summed E-state index contributed by atoms with van der Waals surface area (Å²) < 4.78 is 27.7. The molecule has 0 radical (unpaired) electrons. The van der Waals surface area contributed by atoms with Crippen molar-refractivity contribution in [3.05, 3.63) is 39.4 Å². The van der Waals surface area contributed by atoms with E-state index in [4.69, 9.17) is 11.6 Å². The first kappa shape index (κ1) is 20.0. The lowest BCUT2D eigenvalue weighted by Gasteiger charge is -2.29. The maximum absolute atomic E-state index is 12.6. The normalized spacial score (nSPS) is 16.3. The summed E-state index contributed by atoms with van der Waals surface area (Å²) in [7, 11) is -3.45. The first-order valence-corrected chi connectivity index (χ1v) is 12.9. The van der Waals surface area contributed by atoms with Gasteiger partial charge in [-0.25, -0.2) is 13.4 Å². The molecule has 1 fully saturated rings. The Hall–Kier alpha value is -1.30. The highest BCUT2D eigenvalue weighted by atomic mass is 35.5. The van der Waals surface area contributed by atoms with Crippen molar-refractivity contribution in [1.29, 1.82) is 0 Å². The largest absolute Gasteiger partial charge is 0.302 e. The van der Waals surface area contributed by atoms with Crippen LogP contribution in [0.15, 0.2) is 39.2 Å². The molecule has 0 aromatic carbocycles. The fourth-order valence-corrected chi connectivity index (χ4v) is 7.41. The molecule has 1 aliphatic rings. The number of carbonyl (C=O) groups excluding carboxylic acids is 1. The van der Waals surface area contributed by atoms with Gasteiger partial charge in [0, 0.05) is 24.4 Å². The van der Waals surface area contributed by atoms with Crippen LogP contribution < -0.4 is 5.32 Å². The lowest BCUT2D eigenvalue weighted by Crippen LogP contribution is -2.41. The van der Waals surface area contributed by atoms with Crippen LogP contribution in [0.4, 0.5) is 5.13 Å². The van der Waals surface area contributed by atoms with E-state index >= 15 is 0 Å². The van der Waals surface area contributed by atoms with Crippen LogP contribution in [0.2, 0.25) is 4.34 Å². The van der Waals surface area contributed by atoms with Crippen molar-refractivity contribution in [2.75, 3.05) is 18.4 Å². The molecule has 0 bridgehead atoms. The maximum Gasteiger partial charge on any atom is 0.252 e. The molecule has 1 saturated heterocycles. The zero-order valence-electron chi connectivity index (χ0n) is 14.5. The van der Waals surface area contributed by atoms with E-state index in [-0.39, 0.29) is 11.8 Å². The summed E-state index contributed by atoms with van der Waals surface area (Å²) in [6.07, 6.45) is 0.990. The molecular formula is C17H16ClN3O3S4. The van der Waals surface area contributed by atoms with Gasteiger partial charge >= 0.3 is 0 Å². The zero-order chi connectivity index (χ0) is 19.7. The van der Waals surface area contributed by atoms with Gasteiger partial charge < -0.3 is 5.32 Å². The molecule has 3 aromatic rings. The van der Waals surface area contributed by atoms with Crippen molar-refractivity contribution in [3.63, 3.8) is 0 Å². The molecule has 0 saturated carbocycles. The van der Waals surface area contributed by atoms with Crippen LogP contribution in [-0.4, -0.2) is 36.7 Å². The first-order valence-electron chi connectivity index (χ1n) is 8.49. The minimum atomic E-state index is -3.45. The second-order valence-electron chi connectivity index (χ2n) is 6.24. The Bertz CT molecular complexity index is 1070. The molecule has 0 unspecified atom stereocenters. The number of carbonyl (C=O) groups is 1. The van der Waals surface area contributed by atoms with Gasteiger partial charge in [0.05, 0.1) is 14.9 Å². The average Bonchev–Trinajstić information content (AvgIpc) is 3.43. The van der Waals surface area contributed by atoms with Crippen LogP contribution in [0, 0.1) is 5.92 Å². The monoisotopic (exact) mass is 473 g/mol. The van der Waals surface area contributed by atoms with Gasteiger partial charge in [-0.1, -0.05) is 17.7 Å². The quantitative estimate of drug-likeness (QED) is 0.586. The highest BCUT2D eigenvalue weighted by Gasteiger charge is 2.32. The minimum Gasteiger partial charge on any atom is -0.302 e. The number of thiophene rings is 2. The van der Waals surface area contributed by atoms with Crippen molar-refractivity contribution in [2.45, 2.75) is 17.1 Å². The van der Waals surface area contributed by atoms with Crippen LogP contribution in [0.1, 0.15) is 12.8 Å². The van der Waals surface area contributed by atoms with Gasteiger partial charge in [0.15, 0.2) is 5.13 Å². The second kappa shape index (κ2) is 8.21. The van der Waals surface area contributed by atoms with Crippen LogP contribution >= 0.6 is 45.6 Å². The van der Waals surface area contributed by atoms with Crippen LogP contribution in [0.25, 0.3) is 10.6 Å². The van der Waals surface area contributed by atoms with E-state index in [2.05, 4.69) is 10.3 Å². The average molecular weight is 474 g/mol. The summed E-state index contributed by atoms with van der Waals surface area (Å²) in [5.74, 6) is -0.336. The smallest absolute Gasteiger partial charge is 0.252 e. The van der Waals surface area contributed by atoms with Crippen molar-refractivity contribution in [2.24, 2.45) is 5.92 Å². The molecule has 28 heavy (non-hydrogen) atoms. The van der Waals surface area contributed by atoms with Gasteiger partial charge in [0.2, 0.25) is 5.91 Å². The molecule has 0 aliphatic carbocycles. The molecule has 1 N–H and O–H groups in total. The Morgan fingerprint density at radius 3 is 2.64 bits per heavy atom. The number of halogens is 1. The molecule has 6 nitrogen and oxygen atoms in total. The summed E-state index contributed by atoms with van der Waals surface area (Å²) in [5.41, 5.74) is 0.786. The Morgan fingerprint density at radius 1 is 1.21 bits per heavy atom. The summed E-state index contributed by atoms with van der Waals surface area (Å²) in [5, 5.41) is 7.04. The number of anilines is 1. The lowest BCUT2D eigenvalue weighted by molar-refractivity contribution is -0.120. The number of piperidine rings is 1. The third-order valence-electron chi connectivity index (χ3n) is 4.47. The molecule has 3 aromatic heterocycles. The fraction of sp³-hybridized carbons (Fsp3) is 0.294. The molecule has 4 rings (SSSR count). The number of hydrogen-bond acceptors (Lipinski definition) is 7. The summed E-state index contributed by atoms with van der Waals surface area (Å²) in [4.78, 5) is 18.0. The molecule has 4 heterocycles. The number of nitrogens with zero attached hydrogens (tertiary/aromatic N) is 2. The standard InChI is InChI=1S/C17H16ClN3O3S4/c18-14-4-3-13(27-14)12-10-26-17(19-12)20-16(22)11-5-7-21(8-6-11)28(23,24)15-2-1-9-25-15/h1-4,9-11H,5-8H2,(H,19,20,22). The lowest BCUT2D eigenvalue weighted by atomic mass is 9.97. The molecule has 1 amide bonds. The number of amides is 1. The molecule has 148 valence electrons. The van der Waals surface area contributed by atoms with Gasteiger partial charge in [-0.05, 0) is 36.4 Å². The maximum atomic E-state index is 12.6. The predicted octanol–water partition coefficient (Wildman–Crippen LogP) is 4.63. The number of hydrogen-bond donors (Lipinski definition) is 1. The summed E-state index contributed by atoms with van der Waals surface area (Å²) in [6, 6.07) is 7.05. The van der Waals surface area contributed by atoms with Crippen molar-refractivity contribution in [3.8, 4) is 10.6 Å². The number of thiazole rings is 1. The van der Waals surface area contributed by atoms with Gasteiger partial charge in [-0.3, -0.25) is 4.79 Å². The number of rotatable bonds is 5. The third kappa shape index (κ3) is 4.17. The minimum absolute atomic E-state index is 0.113. The van der Waals surface area contributed by atoms with E-state index in [9.17, 15) is 13.2 Å². The summed E-state index contributed by atoms with van der Waals surface area (Å²) >= 11 is 9.97. The summed E-state index contributed by atoms with van der Waals surface area (Å²) in [6.45, 7) is 0.685. The topological polar surface area (TPSA) is 79.4 Å². The third-order valence-corrected chi connectivity index (χ3v) is 9.76. The van der Waals surface area contributed by atoms with E-state index in [1.54, 1.807) is 17.5 Å². The van der Waals surface area contributed by atoms with Crippen molar-refractivity contribution < 1.29 is 13.2 Å². The Morgan fingerprint density at radius 2 is 2.00 bits per heavy atom.